The lowest BCUT2D eigenvalue weighted by atomic mass is 10.1. The zero-order chi connectivity index (χ0) is 18.9. The molecule has 5 nitrogen and oxygen atoms in total. The van der Waals surface area contributed by atoms with Gasteiger partial charge in [0, 0.05) is 6.26 Å². The van der Waals surface area contributed by atoms with E-state index in [-0.39, 0.29) is 5.78 Å². The Morgan fingerprint density at radius 2 is 1.58 bits per heavy atom. The summed E-state index contributed by atoms with van der Waals surface area (Å²) in [6.45, 7) is 0. The second-order valence-electron chi connectivity index (χ2n) is 5.24. The summed E-state index contributed by atoms with van der Waals surface area (Å²) in [5.74, 6) is 1.56. The first-order valence-corrected chi connectivity index (χ1v) is 9.24. The highest BCUT2D eigenvalue weighted by Crippen LogP contribution is 2.28. The van der Waals surface area contributed by atoms with Crippen LogP contribution in [0.1, 0.15) is 11.1 Å². The van der Waals surface area contributed by atoms with Crippen LogP contribution in [0.2, 0.25) is 0 Å². The number of allylic oxidation sites excluding steroid dienone is 2. The number of methoxy groups -OCH3 is 2. The molecule has 0 N–H and O–H groups in total. The van der Waals surface area contributed by atoms with Crippen molar-refractivity contribution in [2.24, 2.45) is 0 Å². The fourth-order valence-electron chi connectivity index (χ4n) is 2.17. The lowest BCUT2D eigenvalue weighted by molar-refractivity contribution is -0.110. The molecule has 0 aliphatic rings. The summed E-state index contributed by atoms with van der Waals surface area (Å²) in [7, 11) is 3.13. The van der Waals surface area contributed by atoms with Crippen molar-refractivity contribution >= 4 is 29.0 Å². The highest BCUT2D eigenvalue weighted by atomic mass is 32.2. The van der Waals surface area contributed by atoms with Gasteiger partial charge in [0.05, 0.1) is 14.2 Å². The highest BCUT2D eigenvalue weighted by molar-refractivity contribution is 7.79. The van der Waals surface area contributed by atoms with Crippen LogP contribution in [0.4, 0.5) is 0 Å². The molecule has 0 fully saturated rings. The molecule has 2 aromatic carbocycles. The van der Waals surface area contributed by atoms with Gasteiger partial charge in [-0.25, -0.2) is 4.21 Å². The quantitative estimate of drug-likeness (QED) is 0.662. The summed E-state index contributed by atoms with van der Waals surface area (Å²) in [5.41, 5.74) is 1.60. The van der Waals surface area contributed by atoms with Crippen molar-refractivity contribution in [1.82, 2.24) is 0 Å². The third-order valence-electron chi connectivity index (χ3n) is 3.36. The van der Waals surface area contributed by atoms with Crippen LogP contribution in [0.3, 0.4) is 0 Å². The Morgan fingerprint density at radius 3 is 2.19 bits per heavy atom. The Balaban J connectivity index is 2.05. The molecule has 2 rings (SSSR count). The Labute approximate surface area is 155 Å². The third kappa shape index (κ3) is 5.89. The number of benzene rings is 2. The minimum absolute atomic E-state index is 0.162. The van der Waals surface area contributed by atoms with Gasteiger partial charge in [0.2, 0.25) is 11.1 Å². The molecule has 0 bridgehead atoms. The Hall–Kier alpha value is -2.86. The van der Waals surface area contributed by atoms with Crippen LogP contribution in [0, 0.1) is 0 Å². The van der Waals surface area contributed by atoms with Gasteiger partial charge in [-0.05, 0) is 47.5 Å². The van der Waals surface area contributed by atoms with Crippen LogP contribution in [-0.2, 0) is 15.9 Å². The van der Waals surface area contributed by atoms with Gasteiger partial charge >= 0.3 is 0 Å². The molecule has 0 amide bonds. The maximum atomic E-state index is 12.0. The van der Waals surface area contributed by atoms with Gasteiger partial charge in [-0.1, -0.05) is 30.4 Å². The highest BCUT2D eigenvalue weighted by Gasteiger charge is 2.03. The third-order valence-corrected chi connectivity index (χ3v) is 3.79. The van der Waals surface area contributed by atoms with Gasteiger partial charge in [0.1, 0.15) is 5.75 Å². The number of ketones is 1. The summed E-state index contributed by atoms with van der Waals surface area (Å²) >= 11 is -1.39. The van der Waals surface area contributed by atoms with Gasteiger partial charge in [-0.3, -0.25) is 4.79 Å². The van der Waals surface area contributed by atoms with Gasteiger partial charge in [-0.2, -0.15) is 0 Å². The SMILES string of the molecule is COc1ccc(/C=C/C(=O)/C=C/c2cccc(OS(C)=O)c2)cc1OC. The minimum atomic E-state index is -1.39. The largest absolute Gasteiger partial charge is 0.493 e. The molecule has 1 unspecified atom stereocenters. The second-order valence-corrected chi connectivity index (χ2v) is 6.21. The molecule has 0 aliphatic carbocycles. The van der Waals surface area contributed by atoms with Gasteiger partial charge in [-0.15, -0.1) is 0 Å². The molecule has 0 aliphatic heterocycles. The standard InChI is InChI=1S/C20H20O5S/c1-23-19-12-9-16(14-20(19)24-2)8-11-17(21)10-7-15-5-4-6-18(13-15)25-26(3)22/h4-14H,1-3H3/b10-7+,11-8+. The van der Waals surface area contributed by atoms with E-state index >= 15 is 0 Å². The van der Waals surface area contributed by atoms with E-state index in [0.29, 0.717) is 17.2 Å². The second kappa shape index (κ2) is 9.58. The molecule has 0 saturated carbocycles. The zero-order valence-corrected chi connectivity index (χ0v) is 15.6. The predicted molar refractivity (Wildman–Crippen MR) is 104 cm³/mol. The van der Waals surface area contributed by atoms with Crippen LogP contribution >= 0.6 is 0 Å². The molecular formula is C20H20O5S. The first-order valence-electron chi connectivity index (χ1n) is 7.76. The first kappa shape index (κ1) is 19.5. The summed E-state index contributed by atoms with van der Waals surface area (Å²) in [6.07, 6.45) is 7.75. The van der Waals surface area contributed by atoms with Gasteiger partial charge < -0.3 is 13.7 Å². The Morgan fingerprint density at radius 1 is 0.923 bits per heavy atom. The van der Waals surface area contributed by atoms with E-state index in [1.54, 1.807) is 56.7 Å². The van der Waals surface area contributed by atoms with E-state index in [1.807, 2.05) is 12.1 Å². The van der Waals surface area contributed by atoms with Crippen LogP contribution in [0.5, 0.6) is 17.2 Å². The Kier molecular flexibility index (Phi) is 7.17. The van der Waals surface area contributed by atoms with Gasteiger partial charge in [0.15, 0.2) is 17.3 Å². The maximum Gasteiger partial charge on any atom is 0.203 e. The molecule has 0 saturated heterocycles. The van der Waals surface area contributed by atoms with E-state index in [1.165, 1.54) is 18.4 Å². The first-order chi connectivity index (χ1) is 12.5. The predicted octanol–water partition coefficient (Wildman–Crippen LogP) is 3.67. The summed E-state index contributed by atoms with van der Waals surface area (Å²) in [4.78, 5) is 12.0. The number of carbonyl (C=O) groups excluding carboxylic acids is 1. The molecule has 2 aromatic rings. The number of carbonyl (C=O) groups is 1. The minimum Gasteiger partial charge on any atom is -0.493 e. The van der Waals surface area contributed by atoms with Crippen LogP contribution in [0.15, 0.2) is 54.6 Å². The van der Waals surface area contributed by atoms with Crippen molar-refractivity contribution in [2.45, 2.75) is 0 Å². The maximum absolute atomic E-state index is 12.0. The van der Waals surface area contributed by atoms with E-state index in [4.69, 9.17) is 13.7 Å². The molecule has 26 heavy (non-hydrogen) atoms. The van der Waals surface area contributed by atoms with Crippen LogP contribution < -0.4 is 13.7 Å². The topological polar surface area (TPSA) is 61.8 Å². The monoisotopic (exact) mass is 372 g/mol. The van der Waals surface area contributed by atoms with Crippen molar-refractivity contribution in [2.75, 3.05) is 20.5 Å². The van der Waals surface area contributed by atoms with Crippen molar-refractivity contribution in [1.29, 1.82) is 0 Å². The molecule has 0 aromatic heterocycles. The summed E-state index contributed by atoms with van der Waals surface area (Å²) in [6, 6.07) is 12.4. The average molecular weight is 372 g/mol. The smallest absolute Gasteiger partial charge is 0.203 e. The molecule has 0 heterocycles. The number of hydrogen-bond donors (Lipinski definition) is 0. The molecule has 0 spiro atoms. The average Bonchev–Trinajstić information content (AvgIpc) is 2.64. The Bertz CT molecular complexity index is 855. The van der Waals surface area contributed by atoms with Crippen molar-refractivity contribution in [3.05, 3.63) is 65.7 Å². The zero-order valence-electron chi connectivity index (χ0n) is 14.8. The van der Waals surface area contributed by atoms with E-state index in [9.17, 15) is 9.00 Å². The van der Waals surface area contributed by atoms with Crippen molar-refractivity contribution < 1.29 is 22.7 Å². The number of hydrogen-bond acceptors (Lipinski definition) is 5. The van der Waals surface area contributed by atoms with Crippen LogP contribution in [-0.4, -0.2) is 30.5 Å². The molecule has 136 valence electrons. The fourth-order valence-corrected chi connectivity index (χ4v) is 2.55. The molecule has 0 radical (unpaired) electrons. The molecule has 1 atom stereocenters. The number of ether oxygens (including phenoxy) is 2. The van der Waals surface area contributed by atoms with Crippen molar-refractivity contribution in [3.8, 4) is 17.2 Å². The van der Waals surface area contributed by atoms with E-state index in [2.05, 4.69) is 0 Å². The normalized spacial score (nSPS) is 12.3. The lowest BCUT2D eigenvalue weighted by Gasteiger charge is -2.07. The van der Waals surface area contributed by atoms with E-state index in [0.717, 1.165) is 11.1 Å². The number of rotatable bonds is 8. The van der Waals surface area contributed by atoms with Crippen LogP contribution in [0.25, 0.3) is 12.2 Å². The lowest BCUT2D eigenvalue weighted by Crippen LogP contribution is -1.96. The molecule has 6 heteroatoms. The van der Waals surface area contributed by atoms with Gasteiger partial charge in [0.25, 0.3) is 0 Å². The summed E-state index contributed by atoms with van der Waals surface area (Å²) in [5, 5.41) is 0. The van der Waals surface area contributed by atoms with E-state index < -0.39 is 11.1 Å². The van der Waals surface area contributed by atoms with Crippen molar-refractivity contribution in [3.63, 3.8) is 0 Å². The summed E-state index contributed by atoms with van der Waals surface area (Å²) < 4.78 is 26.6. The molecular weight excluding hydrogens is 352 g/mol. The fraction of sp³-hybridized carbons (Fsp3) is 0.150.